The number of nitrogens with zero attached hydrogens (tertiary/aromatic N) is 1. The van der Waals surface area contributed by atoms with Gasteiger partial charge in [0.2, 0.25) is 0 Å². The van der Waals surface area contributed by atoms with Crippen molar-refractivity contribution in [3.8, 4) is 0 Å². The summed E-state index contributed by atoms with van der Waals surface area (Å²) < 4.78 is 18.3. The second-order valence-corrected chi connectivity index (χ2v) is 3.17. The molecule has 0 aliphatic carbocycles. The van der Waals surface area contributed by atoms with Gasteiger partial charge in [-0.2, -0.15) is 0 Å². The van der Waals surface area contributed by atoms with Crippen LogP contribution in [-0.2, 0) is 4.74 Å². The van der Waals surface area contributed by atoms with Crippen LogP contribution in [0.4, 0.5) is 4.39 Å². The molecule has 0 atom stereocenters. The SMILES string of the molecule is COC(=O)c1cnc2[nH]cc(C)c2c1F. The molecule has 0 saturated heterocycles. The van der Waals surface area contributed by atoms with Crippen LogP contribution in [0.2, 0.25) is 0 Å². The van der Waals surface area contributed by atoms with Crippen LogP contribution in [0.25, 0.3) is 11.0 Å². The number of nitrogens with one attached hydrogen (secondary N) is 1. The average molecular weight is 208 g/mol. The van der Waals surface area contributed by atoms with E-state index in [9.17, 15) is 9.18 Å². The molecule has 5 heteroatoms. The zero-order chi connectivity index (χ0) is 11.0. The Hall–Kier alpha value is -1.91. The van der Waals surface area contributed by atoms with E-state index < -0.39 is 11.8 Å². The summed E-state index contributed by atoms with van der Waals surface area (Å²) in [5.74, 6) is -1.31. The molecule has 2 aromatic heterocycles. The number of aromatic nitrogens is 2. The number of aryl methyl sites for hydroxylation is 1. The van der Waals surface area contributed by atoms with Crippen LogP contribution >= 0.6 is 0 Å². The number of ether oxygens (including phenoxy) is 1. The predicted octanol–water partition coefficient (Wildman–Crippen LogP) is 1.80. The Balaban J connectivity index is 2.74. The highest BCUT2D eigenvalue weighted by atomic mass is 19.1. The quantitative estimate of drug-likeness (QED) is 0.727. The van der Waals surface area contributed by atoms with E-state index in [1.54, 1.807) is 13.1 Å². The minimum atomic E-state index is -0.720. The summed E-state index contributed by atoms with van der Waals surface area (Å²) in [5.41, 5.74) is 0.992. The summed E-state index contributed by atoms with van der Waals surface area (Å²) in [5, 5.41) is 0.331. The number of aromatic amines is 1. The van der Waals surface area contributed by atoms with Crippen LogP contribution in [0.1, 0.15) is 15.9 Å². The molecular formula is C10H9FN2O2. The van der Waals surface area contributed by atoms with Crippen molar-refractivity contribution in [1.82, 2.24) is 9.97 Å². The highest BCUT2D eigenvalue weighted by Crippen LogP contribution is 2.22. The molecule has 4 nitrogen and oxygen atoms in total. The van der Waals surface area contributed by atoms with Gasteiger partial charge in [-0.15, -0.1) is 0 Å². The number of rotatable bonds is 1. The third-order valence-electron chi connectivity index (χ3n) is 2.24. The van der Waals surface area contributed by atoms with E-state index in [1.165, 1.54) is 13.3 Å². The highest BCUT2D eigenvalue weighted by molar-refractivity contribution is 5.94. The number of carbonyl (C=O) groups is 1. The summed E-state index contributed by atoms with van der Waals surface area (Å²) in [6, 6.07) is 0. The summed E-state index contributed by atoms with van der Waals surface area (Å²) in [6.07, 6.45) is 2.81. The molecule has 0 spiro atoms. The lowest BCUT2D eigenvalue weighted by Gasteiger charge is -2.01. The number of H-pyrrole nitrogens is 1. The minimum Gasteiger partial charge on any atom is -0.465 e. The fourth-order valence-electron chi connectivity index (χ4n) is 1.46. The van der Waals surface area contributed by atoms with E-state index in [1.807, 2.05) is 0 Å². The zero-order valence-corrected chi connectivity index (χ0v) is 8.30. The van der Waals surface area contributed by atoms with Crippen LogP contribution in [0.15, 0.2) is 12.4 Å². The number of halogens is 1. The Bertz CT molecular complexity index is 533. The molecule has 0 bridgehead atoms. The van der Waals surface area contributed by atoms with Gasteiger partial charge in [0, 0.05) is 12.4 Å². The van der Waals surface area contributed by atoms with Crippen molar-refractivity contribution >= 4 is 17.0 Å². The second-order valence-electron chi connectivity index (χ2n) is 3.17. The van der Waals surface area contributed by atoms with E-state index >= 15 is 0 Å². The number of carbonyl (C=O) groups excluding carboxylic acids is 1. The van der Waals surface area contributed by atoms with Crippen LogP contribution in [-0.4, -0.2) is 23.0 Å². The number of esters is 1. The van der Waals surface area contributed by atoms with Gasteiger partial charge < -0.3 is 9.72 Å². The summed E-state index contributed by atoms with van der Waals surface area (Å²) in [6.45, 7) is 1.74. The fraction of sp³-hybridized carbons (Fsp3) is 0.200. The van der Waals surface area contributed by atoms with Crippen molar-refractivity contribution in [2.24, 2.45) is 0 Å². The maximum absolute atomic E-state index is 13.8. The van der Waals surface area contributed by atoms with E-state index in [2.05, 4.69) is 14.7 Å². The van der Waals surface area contributed by atoms with Crippen molar-refractivity contribution in [2.45, 2.75) is 6.92 Å². The Morgan fingerprint density at radius 3 is 3.00 bits per heavy atom. The molecule has 2 rings (SSSR count). The summed E-state index contributed by atoms with van der Waals surface area (Å²) in [4.78, 5) is 17.9. The van der Waals surface area contributed by atoms with Gasteiger partial charge in [0.1, 0.15) is 11.2 Å². The van der Waals surface area contributed by atoms with E-state index in [4.69, 9.17) is 0 Å². The maximum Gasteiger partial charge on any atom is 0.342 e. The number of fused-ring (bicyclic) bond motifs is 1. The van der Waals surface area contributed by atoms with Crippen molar-refractivity contribution in [1.29, 1.82) is 0 Å². The highest BCUT2D eigenvalue weighted by Gasteiger charge is 2.17. The van der Waals surface area contributed by atoms with Crippen molar-refractivity contribution in [3.63, 3.8) is 0 Å². The standard InChI is InChI=1S/C10H9FN2O2/c1-5-3-12-9-7(5)8(11)6(4-13-9)10(14)15-2/h3-4H,1-2H3,(H,12,13). The molecular weight excluding hydrogens is 199 g/mol. The van der Waals surface area contributed by atoms with Crippen LogP contribution in [0.3, 0.4) is 0 Å². The number of pyridine rings is 1. The van der Waals surface area contributed by atoms with Crippen LogP contribution < -0.4 is 0 Å². The first-order valence-corrected chi connectivity index (χ1v) is 4.35. The molecule has 1 N–H and O–H groups in total. The lowest BCUT2D eigenvalue weighted by molar-refractivity contribution is 0.0595. The van der Waals surface area contributed by atoms with E-state index in [-0.39, 0.29) is 5.56 Å². The number of hydrogen-bond donors (Lipinski definition) is 1. The van der Waals surface area contributed by atoms with Gasteiger partial charge in [-0.1, -0.05) is 0 Å². The number of methoxy groups -OCH3 is 1. The molecule has 2 aromatic rings. The Morgan fingerprint density at radius 1 is 1.60 bits per heavy atom. The van der Waals surface area contributed by atoms with Gasteiger partial charge in [-0.25, -0.2) is 14.2 Å². The Labute approximate surface area is 85.1 Å². The average Bonchev–Trinajstić information content (AvgIpc) is 2.61. The first kappa shape index (κ1) is 9.64. The van der Waals surface area contributed by atoms with Gasteiger partial charge in [0.05, 0.1) is 12.5 Å². The van der Waals surface area contributed by atoms with Crippen LogP contribution in [0, 0.1) is 12.7 Å². The van der Waals surface area contributed by atoms with Crippen molar-refractivity contribution in [2.75, 3.05) is 7.11 Å². The zero-order valence-electron chi connectivity index (χ0n) is 8.30. The lowest BCUT2D eigenvalue weighted by Crippen LogP contribution is -2.05. The van der Waals surface area contributed by atoms with Crippen LogP contribution in [0.5, 0.6) is 0 Å². The van der Waals surface area contributed by atoms with Gasteiger partial charge in [-0.05, 0) is 12.5 Å². The molecule has 15 heavy (non-hydrogen) atoms. The summed E-state index contributed by atoms with van der Waals surface area (Å²) in [7, 11) is 1.20. The smallest absolute Gasteiger partial charge is 0.342 e. The third kappa shape index (κ3) is 1.36. The third-order valence-corrected chi connectivity index (χ3v) is 2.24. The molecule has 0 aliphatic heterocycles. The Morgan fingerprint density at radius 2 is 2.33 bits per heavy atom. The van der Waals surface area contributed by atoms with Gasteiger partial charge in [0.15, 0.2) is 5.82 Å². The molecule has 0 aromatic carbocycles. The normalized spacial score (nSPS) is 10.6. The Kier molecular flexibility index (Phi) is 2.15. The number of hydrogen-bond acceptors (Lipinski definition) is 3. The summed E-state index contributed by atoms with van der Waals surface area (Å²) >= 11 is 0. The predicted molar refractivity (Wildman–Crippen MR) is 52.1 cm³/mol. The van der Waals surface area contributed by atoms with Gasteiger partial charge in [0.25, 0.3) is 0 Å². The molecule has 2 heterocycles. The minimum absolute atomic E-state index is 0.146. The van der Waals surface area contributed by atoms with Gasteiger partial charge in [-0.3, -0.25) is 0 Å². The molecule has 78 valence electrons. The topological polar surface area (TPSA) is 55.0 Å². The molecule has 0 unspecified atom stereocenters. The van der Waals surface area contributed by atoms with Gasteiger partial charge >= 0.3 is 5.97 Å². The molecule has 0 radical (unpaired) electrons. The molecule has 0 amide bonds. The first-order chi connectivity index (χ1) is 7.15. The van der Waals surface area contributed by atoms with Crippen molar-refractivity contribution in [3.05, 3.63) is 29.3 Å². The van der Waals surface area contributed by atoms with Crippen molar-refractivity contribution < 1.29 is 13.9 Å². The molecule has 0 saturated carbocycles. The molecule has 0 aliphatic rings. The lowest BCUT2D eigenvalue weighted by atomic mass is 10.1. The maximum atomic E-state index is 13.8. The fourth-order valence-corrected chi connectivity index (χ4v) is 1.46. The largest absolute Gasteiger partial charge is 0.465 e. The van der Waals surface area contributed by atoms with E-state index in [0.717, 1.165) is 0 Å². The monoisotopic (exact) mass is 208 g/mol. The first-order valence-electron chi connectivity index (χ1n) is 4.35. The molecule has 0 fully saturated rings. The second kappa shape index (κ2) is 3.34. The van der Waals surface area contributed by atoms with E-state index in [0.29, 0.717) is 16.6 Å².